The van der Waals surface area contributed by atoms with Crippen molar-refractivity contribution in [1.82, 2.24) is 0 Å². The fourth-order valence-corrected chi connectivity index (χ4v) is 3.77. The first-order chi connectivity index (χ1) is 8.60. The minimum absolute atomic E-state index is 0.420. The van der Waals surface area contributed by atoms with Gasteiger partial charge in [0, 0.05) is 16.2 Å². The lowest BCUT2D eigenvalue weighted by atomic mass is 9.96. The van der Waals surface area contributed by atoms with Crippen molar-refractivity contribution in [2.24, 2.45) is 5.73 Å². The fraction of sp³-hybridized carbons (Fsp3) is 0.600. The fourth-order valence-electron chi connectivity index (χ4n) is 2.40. The highest BCUT2D eigenvalue weighted by Crippen LogP contribution is 2.39. The maximum absolute atomic E-state index is 5.96. The van der Waals surface area contributed by atoms with Crippen LogP contribution in [0.4, 0.5) is 0 Å². The molecule has 0 aliphatic heterocycles. The number of aryl methyl sites for hydroxylation is 2. The first-order valence-electron chi connectivity index (χ1n) is 6.67. The van der Waals surface area contributed by atoms with Crippen molar-refractivity contribution in [2.45, 2.75) is 55.7 Å². The van der Waals surface area contributed by atoms with Gasteiger partial charge in [-0.2, -0.15) is 0 Å². The zero-order chi connectivity index (χ0) is 13.1. The van der Waals surface area contributed by atoms with Gasteiger partial charge in [0.1, 0.15) is 5.75 Å². The van der Waals surface area contributed by atoms with E-state index in [-0.39, 0.29) is 0 Å². The quantitative estimate of drug-likeness (QED) is 0.905. The lowest BCUT2D eigenvalue weighted by Gasteiger charge is -2.26. The number of nitrogens with two attached hydrogens (primary N) is 1. The lowest BCUT2D eigenvalue weighted by molar-refractivity contribution is 0.403. The second kappa shape index (κ2) is 5.98. The Morgan fingerprint density at radius 1 is 1.11 bits per heavy atom. The van der Waals surface area contributed by atoms with Crippen LogP contribution in [0.25, 0.3) is 0 Å². The van der Waals surface area contributed by atoms with E-state index < -0.39 is 0 Å². The smallest absolute Gasteiger partial charge is 0.132 e. The third-order valence-electron chi connectivity index (χ3n) is 3.79. The molecule has 1 aliphatic rings. The summed E-state index contributed by atoms with van der Waals surface area (Å²) in [4.78, 5) is 1.28. The second-order valence-electron chi connectivity index (χ2n) is 5.24. The van der Waals surface area contributed by atoms with E-state index in [2.05, 4.69) is 26.0 Å². The van der Waals surface area contributed by atoms with Crippen molar-refractivity contribution < 1.29 is 4.74 Å². The van der Waals surface area contributed by atoms with E-state index in [1.807, 2.05) is 11.8 Å². The molecule has 1 aromatic rings. The van der Waals surface area contributed by atoms with E-state index in [4.69, 9.17) is 10.5 Å². The van der Waals surface area contributed by atoms with Crippen LogP contribution in [0.15, 0.2) is 17.0 Å². The monoisotopic (exact) mass is 265 g/mol. The lowest BCUT2D eigenvalue weighted by Crippen LogP contribution is -2.27. The molecule has 2 nitrogen and oxygen atoms in total. The average Bonchev–Trinajstić information content (AvgIpc) is 2.36. The zero-order valence-electron chi connectivity index (χ0n) is 11.5. The number of methoxy groups -OCH3 is 1. The highest BCUT2D eigenvalue weighted by atomic mass is 32.2. The zero-order valence-corrected chi connectivity index (χ0v) is 12.3. The SMILES string of the molecule is COc1cc(C)c(C)cc1SC1CCC(N)CC1. The van der Waals surface area contributed by atoms with Crippen LogP contribution in [0.2, 0.25) is 0 Å². The van der Waals surface area contributed by atoms with E-state index in [1.165, 1.54) is 28.9 Å². The largest absolute Gasteiger partial charge is 0.496 e. The van der Waals surface area contributed by atoms with E-state index in [9.17, 15) is 0 Å². The molecule has 0 unspecified atom stereocenters. The molecule has 1 aliphatic carbocycles. The summed E-state index contributed by atoms with van der Waals surface area (Å²) in [6.45, 7) is 4.29. The van der Waals surface area contributed by atoms with Gasteiger partial charge in [-0.1, -0.05) is 0 Å². The van der Waals surface area contributed by atoms with Gasteiger partial charge in [0.2, 0.25) is 0 Å². The molecule has 1 fully saturated rings. The molecule has 0 aromatic heterocycles. The van der Waals surface area contributed by atoms with Crippen LogP contribution in [0.3, 0.4) is 0 Å². The van der Waals surface area contributed by atoms with E-state index in [0.29, 0.717) is 11.3 Å². The summed E-state index contributed by atoms with van der Waals surface area (Å²) in [5, 5.41) is 0.695. The van der Waals surface area contributed by atoms with Gasteiger partial charge in [0.05, 0.1) is 7.11 Å². The Hall–Kier alpha value is -0.670. The number of thioether (sulfide) groups is 1. The Balaban J connectivity index is 2.10. The summed E-state index contributed by atoms with van der Waals surface area (Å²) in [6, 6.07) is 4.82. The molecule has 2 N–H and O–H groups in total. The molecule has 0 amide bonds. The maximum atomic E-state index is 5.96. The van der Waals surface area contributed by atoms with Crippen molar-refractivity contribution in [3.63, 3.8) is 0 Å². The van der Waals surface area contributed by atoms with E-state index in [0.717, 1.165) is 18.6 Å². The van der Waals surface area contributed by atoms with Gasteiger partial charge in [-0.3, -0.25) is 0 Å². The molecule has 0 heterocycles. The topological polar surface area (TPSA) is 35.2 Å². The second-order valence-corrected chi connectivity index (χ2v) is 6.58. The van der Waals surface area contributed by atoms with Gasteiger partial charge in [-0.15, -0.1) is 11.8 Å². The molecule has 0 radical (unpaired) electrons. The van der Waals surface area contributed by atoms with Crippen LogP contribution in [0, 0.1) is 13.8 Å². The van der Waals surface area contributed by atoms with Crippen LogP contribution in [0.5, 0.6) is 5.75 Å². The summed E-state index contributed by atoms with van der Waals surface area (Å²) >= 11 is 1.96. The summed E-state index contributed by atoms with van der Waals surface area (Å²) in [5.74, 6) is 1.01. The Morgan fingerprint density at radius 2 is 1.72 bits per heavy atom. The molecule has 0 atom stereocenters. The van der Waals surface area contributed by atoms with Crippen LogP contribution in [0.1, 0.15) is 36.8 Å². The first-order valence-corrected chi connectivity index (χ1v) is 7.55. The molecular weight excluding hydrogens is 242 g/mol. The number of hydrogen-bond acceptors (Lipinski definition) is 3. The third-order valence-corrected chi connectivity index (χ3v) is 5.17. The van der Waals surface area contributed by atoms with Gasteiger partial charge in [-0.05, 0) is 62.8 Å². The summed E-state index contributed by atoms with van der Waals surface area (Å²) in [5.41, 5.74) is 8.59. The number of ether oxygens (including phenoxy) is 1. The van der Waals surface area contributed by atoms with Crippen LogP contribution in [-0.4, -0.2) is 18.4 Å². The van der Waals surface area contributed by atoms with Crippen LogP contribution >= 0.6 is 11.8 Å². The average molecular weight is 265 g/mol. The third kappa shape index (κ3) is 3.21. The van der Waals surface area contributed by atoms with E-state index >= 15 is 0 Å². The normalized spacial score (nSPS) is 24.0. The molecule has 2 rings (SSSR count). The molecule has 1 saturated carbocycles. The minimum atomic E-state index is 0.420. The van der Waals surface area contributed by atoms with E-state index in [1.54, 1.807) is 7.11 Å². The van der Waals surface area contributed by atoms with Crippen LogP contribution in [-0.2, 0) is 0 Å². The number of benzene rings is 1. The van der Waals surface area contributed by atoms with Gasteiger partial charge in [0.25, 0.3) is 0 Å². The number of rotatable bonds is 3. The highest BCUT2D eigenvalue weighted by molar-refractivity contribution is 8.00. The van der Waals surface area contributed by atoms with Gasteiger partial charge in [-0.25, -0.2) is 0 Å². The Bertz CT molecular complexity index is 411. The standard InChI is InChI=1S/C15H23NOS/c1-10-8-14(17-3)15(9-11(10)2)18-13-6-4-12(16)5-7-13/h8-9,12-13H,4-7,16H2,1-3H3. The maximum Gasteiger partial charge on any atom is 0.132 e. The minimum Gasteiger partial charge on any atom is -0.496 e. The highest BCUT2D eigenvalue weighted by Gasteiger charge is 2.20. The predicted molar refractivity (Wildman–Crippen MR) is 78.6 cm³/mol. The van der Waals surface area contributed by atoms with Gasteiger partial charge < -0.3 is 10.5 Å². The Kier molecular flexibility index (Phi) is 4.57. The predicted octanol–water partition coefficient (Wildman–Crippen LogP) is 3.67. The van der Waals surface area contributed by atoms with Crippen molar-refractivity contribution >= 4 is 11.8 Å². The molecule has 0 saturated heterocycles. The van der Waals surface area contributed by atoms with Crippen LogP contribution < -0.4 is 10.5 Å². The summed E-state index contributed by atoms with van der Waals surface area (Å²) in [6.07, 6.45) is 4.76. The first kappa shape index (κ1) is 13.8. The van der Waals surface area contributed by atoms with Gasteiger partial charge in [0.15, 0.2) is 0 Å². The van der Waals surface area contributed by atoms with Crippen molar-refractivity contribution in [1.29, 1.82) is 0 Å². The molecule has 18 heavy (non-hydrogen) atoms. The molecule has 0 spiro atoms. The molecule has 1 aromatic carbocycles. The molecular formula is C15H23NOS. The van der Waals surface area contributed by atoms with Gasteiger partial charge >= 0.3 is 0 Å². The molecule has 0 bridgehead atoms. The molecule has 100 valence electrons. The number of hydrogen-bond donors (Lipinski definition) is 1. The summed E-state index contributed by atoms with van der Waals surface area (Å²) < 4.78 is 5.50. The molecule has 3 heteroatoms. The Morgan fingerprint density at radius 3 is 2.33 bits per heavy atom. The van der Waals surface area contributed by atoms with Crippen molar-refractivity contribution in [3.05, 3.63) is 23.3 Å². The summed E-state index contributed by atoms with van der Waals surface area (Å²) in [7, 11) is 1.75. The van der Waals surface area contributed by atoms with Crippen molar-refractivity contribution in [3.8, 4) is 5.75 Å². The Labute approximate surface area is 114 Å². The van der Waals surface area contributed by atoms with Crippen molar-refractivity contribution in [2.75, 3.05) is 7.11 Å².